The van der Waals surface area contributed by atoms with Gasteiger partial charge in [-0.25, -0.2) is 74.5 Å². The summed E-state index contributed by atoms with van der Waals surface area (Å²) in [7, 11) is -19.8. The van der Waals surface area contributed by atoms with Crippen molar-refractivity contribution in [3.63, 3.8) is 0 Å². The Morgan fingerprint density at radius 3 is 0.317 bits per heavy atom. The molecule has 36 nitrogen and oxygen atoms in total. The van der Waals surface area contributed by atoms with Gasteiger partial charge in [0.05, 0.1) is 0 Å². The summed E-state index contributed by atoms with van der Waals surface area (Å²) in [4.78, 5) is 0. The molecule has 8 radical (unpaired) electrons. The molecule has 0 fully saturated rings. The summed E-state index contributed by atoms with van der Waals surface area (Å²) in [5.74, 6) is 0.188. The summed E-state index contributed by atoms with van der Waals surface area (Å²) < 4.78 is 136. The van der Waals surface area contributed by atoms with E-state index in [1.54, 1.807) is 146 Å². The van der Waals surface area contributed by atoms with E-state index >= 15 is 0 Å². The maximum atomic E-state index is 11.4. The van der Waals surface area contributed by atoms with E-state index in [1.807, 2.05) is 48.5 Å². The van der Waals surface area contributed by atoms with Crippen LogP contribution in [0.2, 0.25) is 0 Å². The minimum atomic E-state index is -4.94. The van der Waals surface area contributed by atoms with Crippen LogP contribution in [0.5, 0.6) is 46.0 Å². The molecular formula is C56H66Cl4Cu8N4O32+2. The maximum absolute atomic E-state index is 11.4. The zero-order valence-corrected chi connectivity index (χ0v) is 62.4. The molecule has 0 aromatic heterocycles. The molecule has 0 unspecified atom stereocenters. The van der Waals surface area contributed by atoms with Gasteiger partial charge in [-0.3, -0.25) is 0 Å². The molecule has 0 spiro atoms. The Labute approximate surface area is 689 Å². The van der Waals surface area contributed by atoms with Crippen molar-refractivity contribution in [1.29, 1.82) is 0 Å². The summed E-state index contributed by atoms with van der Waals surface area (Å²) >= 11 is 0. The van der Waals surface area contributed by atoms with Gasteiger partial charge in [0.15, 0.2) is 0 Å². The molecule has 0 bridgehead atoms. The van der Waals surface area contributed by atoms with E-state index in [9.17, 15) is 40.9 Å². The van der Waals surface area contributed by atoms with Crippen LogP contribution < -0.4 is 137 Å². The third kappa shape index (κ3) is 79.4. The van der Waals surface area contributed by atoms with Crippen molar-refractivity contribution in [2.24, 2.45) is 0 Å². The van der Waals surface area contributed by atoms with Gasteiger partial charge in [0.2, 0.25) is 0 Å². The molecule has 0 aliphatic heterocycles. The van der Waals surface area contributed by atoms with Crippen LogP contribution in [0.25, 0.3) is 0 Å². The second-order valence-corrected chi connectivity index (χ2v) is 19.8. The summed E-state index contributed by atoms with van der Waals surface area (Å²) in [6.07, 6.45) is 0. The minimum Gasteiger partial charge on any atom is -0.872 e. The van der Waals surface area contributed by atoms with Crippen molar-refractivity contribution in [3.8, 4) is 46.0 Å². The third-order valence-electron chi connectivity index (χ3n) is 10.3. The predicted molar refractivity (Wildman–Crippen MR) is 274 cm³/mol. The quantitative estimate of drug-likeness (QED) is 0.0515. The van der Waals surface area contributed by atoms with Gasteiger partial charge < -0.3 is 106 Å². The Morgan fingerprint density at radius 2 is 0.250 bits per heavy atom. The topological polar surface area (TPSA) is 851 Å². The van der Waals surface area contributed by atoms with Crippen LogP contribution in [0.15, 0.2) is 194 Å². The number of hydrogen-bond donors (Lipinski definition) is 4. The maximum Gasteiger partial charge on any atom is 2.00 e. The Bertz CT molecular complexity index is 2620. The first-order chi connectivity index (χ1) is 41.1. The number of halogens is 4. The minimum absolute atomic E-state index is 0. The standard InChI is InChI=1S/4C14H15NO2.4ClHO4.8Cu.8H2O/c4*16-13-7-3-1-5-11(13)9-15-10-12-6-2-4-8-14(12)17;4*2-1(3,4)5;;;;;;;;;;;;;;;;/h4*1-8,15-17H,9-10H2;4*(H,2,3,4,5);;;;;;;;;8*1H2/q;;;;;;;;8*+2;;;;;;;;/p-14. The average Bonchev–Trinajstić information content (AvgIpc) is 0.912. The van der Waals surface area contributed by atoms with Gasteiger partial charge in [-0.2, -0.15) is 0 Å². The zero-order valence-electron chi connectivity index (χ0n) is 51.8. The van der Waals surface area contributed by atoms with Gasteiger partial charge in [0.25, 0.3) is 0 Å². The molecule has 0 heterocycles. The number of para-hydroxylation sites is 8. The van der Waals surface area contributed by atoms with E-state index in [-0.39, 0.29) is 226 Å². The van der Waals surface area contributed by atoms with Crippen LogP contribution in [-0.4, -0.2) is 32.9 Å². The summed E-state index contributed by atoms with van der Waals surface area (Å²) in [5, 5.41) is 104. The largest absolute Gasteiger partial charge is 2.00 e. The molecule has 0 saturated heterocycles. The first kappa shape index (κ1) is 139. The SMILES string of the molecule is O.O.[Cu+2].[Cu+2].[Cu+2].[Cu+2].[Cu+2].[Cu+2].[Cu+2].[Cu+2].[O-][Cl+3]([O-])([O-])[O-].[O-][Cl+3]([O-])([O-])[O-].[O-][Cl+3]([O-])([O-])[O-].[O-][Cl+3]([O-])([O-])[O-].[O-]c1ccccc1CNCc1ccccc1[O-].[O-]c1ccccc1CNCc1ccccc1[O-].[O-]c1ccccc1CNCc1ccccc1[O-].[O-]c1ccccc1CNCc1ccccc1[O-].[OH-].[OH-].[OH-].[OH-].[OH3+].[OH3+]. The zero-order chi connectivity index (χ0) is 66.4. The molecule has 8 aromatic carbocycles. The fraction of sp³-hybridized carbons (Fsp3) is 0.143. The van der Waals surface area contributed by atoms with Gasteiger partial charge >= 0.3 is 137 Å². The van der Waals surface area contributed by atoms with E-state index in [0.717, 1.165) is 44.5 Å². The van der Waals surface area contributed by atoms with Crippen LogP contribution in [0.4, 0.5) is 0 Å². The van der Waals surface area contributed by atoms with Gasteiger partial charge in [-0.15, -0.1) is 87.0 Å². The van der Waals surface area contributed by atoms with Crippen LogP contribution in [-0.2, 0) is 200 Å². The molecule has 616 valence electrons. The summed E-state index contributed by atoms with van der Waals surface area (Å²) in [6, 6.07) is 55.1. The second-order valence-electron chi connectivity index (χ2n) is 16.8. The average molecular weight is 1960 g/mol. The van der Waals surface area contributed by atoms with E-state index in [2.05, 4.69) is 21.3 Å². The first-order valence-corrected chi connectivity index (χ1v) is 29.3. The van der Waals surface area contributed by atoms with E-state index in [4.69, 9.17) is 74.5 Å². The van der Waals surface area contributed by atoms with E-state index < -0.39 is 41.0 Å². The number of benzene rings is 8. The van der Waals surface area contributed by atoms with Crippen molar-refractivity contribution in [1.82, 2.24) is 21.3 Å². The molecule has 8 rings (SSSR count). The normalized spacial score (nSPS) is 9.08. The summed E-state index contributed by atoms with van der Waals surface area (Å²) in [6.45, 7) is 3.84. The first-order valence-electron chi connectivity index (χ1n) is 24.4. The number of hydrogen-bond acceptors (Lipinski definition) is 32. The molecule has 0 saturated carbocycles. The second kappa shape index (κ2) is 76.1. The fourth-order valence-electron chi connectivity index (χ4n) is 6.53. The van der Waals surface area contributed by atoms with E-state index in [1.165, 1.54) is 0 Å². The predicted octanol–water partition coefficient (Wildman–Crippen LogP) is -18.7. The van der Waals surface area contributed by atoms with Gasteiger partial charge in [0.1, 0.15) is 0 Å². The molecule has 104 heavy (non-hydrogen) atoms. The molecule has 18 N–H and O–H groups in total. The third-order valence-corrected chi connectivity index (χ3v) is 10.3. The molecule has 0 atom stereocenters. The van der Waals surface area contributed by atoms with Crippen molar-refractivity contribution in [2.75, 3.05) is 0 Å². The summed E-state index contributed by atoms with van der Waals surface area (Å²) in [5.41, 5.74) is 5.75. The number of nitrogens with one attached hydrogen (secondary N) is 4. The molecule has 0 amide bonds. The van der Waals surface area contributed by atoms with Crippen molar-refractivity contribution < 1.29 is 337 Å². The van der Waals surface area contributed by atoms with Crippen molar-refractivity contribution in [2.45, 2.75) is 52.4 Å². The fourth-order valence-corrected chi connectivity index (χ4v) is 6.53. The smallest absolute Gasteiger partial charge is 0.872 e. The molecule has 48 heteroatoms. The van der Waals surface area contributed by atoms with Crippen molar-refractivity contribution >= 4 is 0 Å². The van der Waals surface area contributed by atoms with Gasteiger partial charge in [-0.1, -0.05) is 194 Å². The monoisotopic (exact) mass is 1950 g/mol. The number of rotatable bonds is 16. The van der Waals surface area contributed by atoms with Crippen LogP contribution in [0.1, 0.15) is 44.5 Å². The Balaban J connectivity index is -0.0000000622. The molecule has 0 aliphatic rings. The molecular weight excluding hydrogens is 1890 g/mol. The van der Waals surface area contributed by atoms with Crippen molar-refractivity contribution in [3.05, 3.63) is 239 Å². The van der Waals surface area contributed by atoms with Crippen LogP contribution >= 0.6 is 0 Å². The van der Waals surface area contributed by atoms with Gasteiger partial charge in [-0.05, 0) is 44.5 Å². The molecule has 8 aromatic rings. The molecule has 0 aliphatic carbocycles. The Hall–Kier alpha value is -3.64. The van der Waals surface area contributed by atoms with Gasteiger partial charge in [0, 0.05) is 52.4 Å². The van der Waals surface area contributed by atoms with Crippen LogP contribution in [0.3, 0.4) is 0 Å². The van der Waals surface area contributed by atoms with E-state index in [0.29, 0.717) is 52.4 Å². The Morgan fingerprint density at radius 1 is 0.183 bits per heavy atom. The van der Waals surface area contributed by atoms with Crippen LogP contribution in [0, 0.1) is 41.0 Å². The Kier molecular flexibility index (Phi) is 102.